The molecule has 0 aliphatic carbocycles. The van der Waals surface area contributed by atoms with Crippen molar-refractivity contribution in [3.63, 3.8) is 0 Å². The van der Waals surface area contributed by atoms with Crippen molar-refractivity contribution in [2.75, 3.05) is 24.2 Å². The van der Waals surface area contributed by atoms with E-state index in [0.717, 1.165) is 30.1 Å². The predicted octanol–water partition coefficient (Wildman–Crippen LogP) is 2.54. The summed E-state index contributed by atoms with van der Waals surface area (Å²) in [6.07, 6.45) is 4.77. The maximum atomic E-state index is 5.89. The Bertz CT molecular complexity index is 546. The molecule has 1 aromatic heterocycles. The average molecular weight is 255 g/mol. The molecule has 1 aromatic carbocycles. The molecule has 0 radical (unpaired) electrons. The Hall–Kier alpha value is -2.23. The number of fused-ring (bicyclic) bond motifs is 1. The number of hydrogen-bond donors (Lipinski definition) is 2. The van der Waals surface area contributed by atoms with Crippen LogP contribution >= 0.6 is 0 Å². The van der Waals surface area contributed by atoms with E-state index in [0.29, 0.717) is 0 Å². The molecule has 98 valence electrons. The normalized spacial score (nSPS) is 16.6. The third-order valence-electron chi connectivity index (χ3n) is 3.27. The van der Waals surface area contributed by atoms with Gasteiger partial charge >= 0.3 is 0 Å². The largest absolute Gasteiger partial charge is 0.488 e. The number of rotatable bonds is 4. The monoisotopic (exact) mass is 255 g/mol. The van der Waals surface area contributed by atoms with E-state index in [1.165, 1.54) is 5.56 Å². The fraction of sp³-hybridized carbons (Fsp3) is 0.267. The van der Waals surface area contributed by atoms with Crippen LogP contribution in [0.5, 0.6) is 5.75 Å². The van der Waals surface area contributed by atoms with Crippen molar-refractivity contribution in [3.05, 3.63) is 48.3 Å². The summed E-state index contributed by atoms with van der Waals surface area (Å²) in [6.45, 7) is 0.781. The van der Waals surface area contributed by atoms with E-state index < -0.39 is 0 Å². The van der Waals surface area contributed by atoms with Crippen molar-refractivity contribution < 1.29 is 4.74 Å². The van der Waals surface area contributed by atoms with E-state index in [1.54, 1.807) is 6.20 Å². The van der Waals surface area contributed by atoms with E-state index in [1.807, 2.05) is 31.4 Å². The van der Waals surface area contributed by atoms with Crippen molar-refractivity contribution in [3.8, 4) is 5.75 Å². The van der Waals surface area contributed by atoms with Gasteiger partial charge in [0, 0.05) is 13.5 Å². The third-order valence-corrected chi connectivity index (χ3v) is 3.27. The number of nitrogens with zero attached hydrogens (tertiary/aromatic N) is 1. The number of hydrogen-bond acceptors (Lipinski definition) is 4. The van der Waals surface area contributed by atoms with Gasteiger partial charge in [-0.1, -0.05) is 18.2 Å². The number of pyridine rings is 1. The lowest BCUT2D eigenvalue weighted by atomic mass is 10.1. The van der Waals surface area contributed by atoms with Gasteiger partial charge in [-0.05, 0) is 17.7 Å². The summed E-state index contributed by atoms with van der Waals surface area (Å²) in [7, 11) is 1.89. The zero-order chi connectivity index (χ0) is 13.1. The average Bonchev–Trinajstić information content (AvgIpc) is 2.88. The number of aromatic nitrogens is 1. The van der Waals surface area contributed by atoms with Crippen molar-refractivity contribution in [2.24, 2.45) is 0 Å². The SMILES string of the molecule is CNc1cncc(NCC2Cc3ccccc3O2)c1. The summed E-state index contributed by atoms with van der Waals surface area (Å²) >= 11 is 0. The molecule has 19 heavy (non-hydrogen) atoms. The van der Waals surface area contributed by atoms with Crippen LogP contribution in [0.25, 0.3) is 0 Å². The number of nitrogens with one attached hydrogen (secondary N) is 2. The summed E-state index contributed by atoms with van der Waals surface area (Å²) in [4.78, 5) is 4.17. The predicted molar refractivity (Wildman–Crippen MR) is 76.8 cm³/mol. The first-order valence-electron chi connectivity index (χ1n) is 6.46. The van der Waals surface area contributed by atoms with Gasteiger partial charge in [0.1, 0.15) is 11.9 Å². The number of ether oxygens (including phenoxy) is 1. The Morgan fingerprint density at radius 2 is 2.11 bits per heavy atom. The maximum Gasteiger partial charge on any atom is 0.123 e. The molecule has 0 saturated carbocycles. The Balaban J connectivity index is 1.59. The molecule has 4 nitrogen and oxygen atoms in total. The molecule has 0 fully saturated rings. The van der Waals surface area contributed by atoms with Gasteiger partial charge in [0.05, 0.1) is 30.3 Å². The minimum atomic E-state index is 0.190. The summed E-state index contributed by atoms with van der Waals surface area (Å²) in [6, 6.07) is 10.2. The molecular formula is C15H17N3O. The minimum Gasteiger partial charge on any atom is -0.488 e. The highest BCUT2D eigenvalue weighted by Crippen LogP contribution is 2.28. The molecule has 1 aliphatic heterocycles. The van der Waals surface area contributed by atoms with Crippen LogP contribution in [-0.4, -0.2) is 24.7 Å². The van der Waals surface area contributed by atoms with Crippen LogP contribution in [0.2, 0.25) is 0 Å². The Morgan fingerprint density at radius 1 is 1.26 bits per heavy atom. The molecule has 2 N–H and O–H groups in total. The van der Waals surface area contributed by atoms with Gasteiger partial charge in [-0.15, -0.1) is 0 Å². The van der Waals surface area contributed by atoms with E-state index in [-0.39, 0.29) is 6.10 Å². The fourth-order valence-electron chi connectivity index (χ4n) is 2.27. The van der Waals surface area contributed by atoms with Crippen LogP contribution in [0, 0.1) is 0 Å². The molecule has 0 bridgehead atoms. The van der Waals surface area contributed by atoms with Gasteiger partial charge in [0.15, 0.2) is 0 Å². The lowest BCUT2D eigenvalue weighted by molar-refractivity contribution is 0.246. The molecule has 0 amide bonds. The summed E-state index contributed by atoms with van der Waals surface area (Å²) < 4.78 is 5.89. The molecule has 2 heterocycles. The lowest BCUT2D eigenvalue weighted by Crippen LogP contribution is -2.24. The van der Waals surface area contributed by atoms with Gasteiger partial charge in [-0.2, -0.15) is 0 Å². The Morgan fingerprint density at radius 3 is 2.95 bits per heavy atom. The Kier molecular flexibility index (Phi) is 3.23. The van der Waals surface area contributed by atoms with Gasteiger partial charge < -0.3 is 15.4 Å². The first kappa shape index (κ1) is 11.8. The molecule has 1 atom stereocenters. The zero-order valence-electron chi connectivity index (χ0n) is 10.9. The topological polar surface area (TPSA) is 46.2 Å². The second-order valence-electron chi connectivity index (χ2n) is 4.64. The second kappa shape index (κ2) is 5.18. The number of para-hydroxylation sites is 1. The molecule has 1 aliphatic rings. The van der Waals surface area contributed by atoms with Gasteiger partial charge in [0.25, 0.3) is 0 Å². The molecule has 4 heteroatoms. The van der Waals surface area contributed by atoms with Crippen molar-refractivity contribution >= 4 is 11.4 Å². The highest BCUT2D eigenvalue weighted by molar-refractivity contribution is 5.53. The van der Waals surface area contributed by atoms with E-state index in [9.17, 15) is 0 Å². The van der Waals surface area contributed by atoms with Crippen molar-refractivity contribution in [2.45, 2.75) is 12.5 Å². The highest BCUT2D eigenvalue weighted by atomic mass is 16.5. The van der Waals surface area contributed by atoms with Crippen LogP contribution in [0.3, 0.4) is 0 Å². The minimum absolute atomic E-state index is 0.190. The van der Waals surface area contributed by atoms with Gasteiger partial charge in [-0.25, -0.2) is 0 Å². The maximum absolute atomic E-state index is 5.89. The van der Waals surface area contributed by atoms with Crippen LogP contribution in [-0.2, 0) is 6.42 Å². The second-order valence-corrected chi connectivity index (χ2v) is 4.64. The highest BCUT2D eigenvalue weighted by Gasteiger charge is 2.21. The summed E-state index contributed by atoms with van der Waals surface area (Å²) in [5, 5.41) is 6.44. The first-order chi connectivity index (χ1) is 9.35. The van der Waals surface area contributed by atoms with Crippen LogP contribution in [0.4, 0.5) is 11.4 Å². The van der Waals surface area contributed by atoms with E-state index >= 15 is 0 Å². The van der Waals surface area contributed by atoms with Crippen LogP contribution in [0.15, 0.2) is 42.7 Å². The van der Waals surface area contributed by atoms with Crippen molar-refractivity contribution in [1.29, 1.82) is 0 Å². The van der Waals surface area contributed by atoms with Crippen molar-refractivity contribution in [1.82, 2.24) is 4.98 Å². The van der Waals surface area contributed by atoms with Crippen LogP contribution < -0.4 is 15.4 Å². The molecular weight excluding hydrogens is 238 g/mol. The molecule has 0 spiro atoms. The Labute approximate surface area is 112 Å². The van der Waals surface area contributed by atoms with E-state index in [2.05, 4.69) is 27.8 Å². The quantitative estimate of drug-likeness (QED) is 0.881. The molecule has 3 rings (SSSR count). The fourth-order valence-corrected chi connectivity index (χ4v) is 2.27. The summed E-state index contributed by atoms with van der Waals surface area (Å²) in [5.41, 5.74) is 3.29. The zero-order valence-corrected chi connectivity index (χ0v) is 10.9. The molecule has 1 unspecified atom stereocenters. The van der Waals surface area contributed by atoms with Crippen LogP contribution in [0.1, 0.15) is 5.56 Å². The lowest BCUT2D eigenvalue weighted by Gasteiger charge is -2.13. The third kappa shape index (κ3) is 2.62. The number of anilines is 2. The molecule has 0 saturated heterocycles. The van der Waals surface area contributed by atoms with Gasteiger partial charge in [0.2, 0.25) is 0 Å². The smallest absolute Gasteiger partial charge is 0.123 e. The first-order valence-corrected chi connectivity index (χ1v) is 6.46. The standard InChI is InChI=1S/C15H17N3O/c1-16-12-7-13(9-17-8-12)18-10-14-6-11-4-2-3-5-15(11)19-14/h2-5,7-9,14,16,18H,6,10H2,1H3. The number of benzene rings is 1. The molecule has 2 aromatic rings. The summed E-state index contributed by atoms with van der Waals surface area (Å²) in [5.74, 6) is 1.01. The van der Waals surface area contributed by atoms with Gasteiger partial charge in [-0.3, -0.25) is 4.98 Å². The van der Waals surface area contributed by atoms with E-state index in [4.69, 9.17) is 4.74 Å².